The number of pyridine rings is 1. The van der Waals surface area contributed by atoms with Gasteiger partial charge in [-0.15, -0.1) is 0 Å². The van der Waals surface area contributed by atoms with Crippen molar-refractivity contribution in [2.24, 2.45) is 0 Å². The van der Waals surface area contributed by atoms with Gasteiger partial charge in [-0.25, -0.2) is 9.78 Å². The van der Waals surface area contributed by atoms with Crippen LogP contribution in [0, 0.1) is 6.92 Å². The van der Waals surface area contributed by atoms with Gasteiger partial charge < -0.3 is 19.3 Å². The third-order valence-corrected chi connectivity index (χ3v) is 5.94. The first kappa shape index (κ1) is 20.2. The standard InChI is InChI=1S/C24H27N3O3/c1-17-20-6-4-5-7-21(20)25-22(23(17)24(28)30-3)16-26-12-14-27(15-13-26)18-8-10-19(29-2)11-9-18/h4-11H,12-16H2,1-3H3/p+1. The topological polar surface area (TPSA) is 56.1 Å². The van der Waals surface area contributed by atoms with Gasteiger partial charge >= 0.3 is 5.97 Å². The molecule has 1 fully saturated rings. The van der Waals surface area contributed by atoms with E-state index in [0.717, 1.165) is 54.1 Å². The van der Waals surface area contributed by atoms with Crippen molar-refractivity contribution in [3.63, 3.8) is 0 Å². The van der Waals surface area contributed by atoms with Gasteiger partial charge in [0.1, 0.15) is 18.0 Å². The molecule has 0 spiro atoms. The zero-order chi connectivity index (χ0) is 21.1. The highest BCUT2D eigenvalue weighted by molar-refractivity contribution is 5.98. The van der Waals surface area contributed by atoms with Crippen LogP contribution in [0.1, 0.15) is 21.6 Å². The second kappa shape index (κ2) is 8.71. The largest absolute Gasteiger partial charge is 0.497 e. The van der Waals surface area contributed by atoms with E-state index < -0.39 is 0 Å². The number of rotatable bonds is 5. The number of quaternary nitrogens is 1. The Morgan fingerprint density at radius 1 is 1.07 bits per heavy atom. The molecule has 2 heterocycles. The molecule has 2 aromatic carbocycles. The van der Waals surface area contributed by atoms with E-state index in [1.807, 2.05) is 43.3 Å². The quantitative estimate of drug-likeness (QED) is 0.659. The second-order valence-electron chi connectivity index (χ2n) is 7.68. The first-order chi connectivity index (χ1) is 14.6. The minimum atomic E-state index is -0.308. The number of methoxy groups -OCH3 is 2. The lowest BCUT2D eigenvalue weighted by atomic mass is 10.0. The van der Waals surface area contributed by atoms with Crippen LogP contribution in [0.5, 0.6) is 5.75 Å². The van der Waals surface area contributed by atoms with Crippen LogP contribution in [0.25, 0.3) is 10.9 Å². The number of ether oxygens (including phenoxy) is 2. The first-order valence-electron chi connectivity index (χ1n) is 10.3. The van der Waals surface area contributed by atoms with Gasteiger partial charge in [0.05, 0.1) is 51.5 Å². The number of para-hydroxylation sites is 1. The maximum atomic E-state index is 12.5. The molecule has 1 aliphatic rings. The maximum Gasteiger partial charge on any atom is 0.340 e. The van der Waals surface area contributed by atoms with Crippen molar-refractivity contribution in [3.8, 4) is 5.75 Å². The Morgan fingerprint density at radius 3 is 2.43 bits per heavy atom. The molecule has 0 unspecified atom stereocenters. The number of benzene rings is 2. The van der Waals surface area contributed by atoms with Gasteiger partial charge in [-0.1, -0.05) is 18.2 Å². The summed E-state index contributed by atoms with van der Waals surface area (Å²) >= 11 is 0. The average Bonchev–Trinajstić information content (AvgIpc) is 2.79. The number of nitrogens with zero attached hydrogens (tertiary/aromatic N) is 2. The zero-order valence-electron chi connectivity index (χ0n) is 17.8. The number of anilines is 1. The summed E-state index contributed by atoms with van der Waals surface area (Å²) in [7, 11) is 3.11. The molecule has 0 aliphatic carbocycles. The summed E-state index contributed by atoms with van der Waals surface area (Å²) in [5.74, 6) is 0.563. The lowest BCUT2D eigenvalue weighted by Gasteiger charge is -2.33. The van der Waals surface area contributed by atoms with E-state index in [9.17, 15) is 4.79 Å². The highest BCUT2D eigenvalue weighted by Gasteiger charge is 2.25. The SMILES string of the molecule is COC(=O)c1c(C[NH+]2CCN(c3ccc(OC)cc3)CC2)nc2ccccc2c1C. The van der Waals surface area contributed by atoms with Crippen LogP contribution in [-0.2, 0) is 11.3 Å². The van der Waals surface area contributed by atoms with E-state index >= 15 is 0 Å². The predicted molar refractivity (Wildman–Crippen MR) is 117 cm³/mol. The molecule has 0 saturated carbocycles. The molecule has 1 aromatic heterocycles. The van der Waals surface area contributed by atoms with Crippen molar-refractivity contribution in [1.29, 1.82) is 0 Å². The molecule has 0 atom stereocenters. The molecule has 1 saturated heterocycles. The van der Waals surface area contributed by atoms with Crippen LogP contribution in [-0.4, -0.2) is 51.4 Å². The molecule has 30 heavy (non-hydrogen) atoms. The summed E-state index contributed by atoms with van der Waals surface area (Å²) in [6.45, 7) is 6.59. The predicted octanol–water partition coefficient (Wildman–Crippen LogP) is 2.24. The second-order valence-corrected chi connectivity index (χ2v) is 7.68. The maximum absolute atomic E-state index is 12.5. The lowest BCUT2D eigenvalue weighted by Crippen LogP contribution is -3.13. The normalized spacial score (nSPS) is 14.7. The number of esters is 1. The number of carbonyl (C=O) groups excluding carboxylic acids is 1. The molecule has 3 aromatic rings. The molecule has 0 radical (unpaired) electrons. The van der Waals surface area contributed by atoms with E-state index in [1.54, 1.807) is 7.11 Å². The number of carbonyl (C=O) groups is 1. The molecular weight excluding hydrogens is 378 g/mol. The summed E-state index contributed by atoms with van der Waals surface area (Å²) in [6, 6.07) is 16.2. The van der Waals surface area contributed by atoms with E-state index in [0.29, 0.717) is 12.1 Å². The van der Waals surface area contributed by atoms with E-state index in [2.05, 4.69) is 17.0 Å². The van der Waals surface area contributed by atoms with E-state index in [-0.39, 0.29) is 5.97 Å². The summed E-state index contributed by atoms with van der Waals surface area (Å²) in [5.41, 5.74) is 4.52. The van der Waals surface area contributed by atoms with Gasteiger partial charge in [-0.2, -0.15) is 0 Å². The van der Waals surface area contributed by atoms with Crippen LogP contribution >= 0.6 is 0 Å². The fraction of sp³-hybridized carbons (Fsp3) is 0.333. The Balaban J connectivity index is 1.52. The Bertz CT molecular complexity index is 1040. The van der Waals surface area contributed by atoms with Crippen molar-refractivity contribution in [2.75, 3.05) is 45.3 Å². The number of aromatic nitrogens is 1. The number of fused-ring (bicyclic) bond motifs is 1. The zero-order valence-corrected chi connectivity index (χ0v) is 17.8. The van der Waals surface area contributed by atoms with Gasteiger partial charge in [-0.3, -0.25) is 0 Å². The Kier molecular flexibility index (Phi) is 5.86. The molecule has 0 bridgehead atoms. The number of hydrogen-bond donors (Lipinski definition) is 1. The van der Waals surface area contributed by atoms with Crippen LogP contribution in [0.4, 0.5) is 5.69 Å². The number of piperazine rings is 1. The van der Waals surface area contributed by atoms with Crippen molar-refractivity contribution in [1.82, 2.24) is 4.98 Å². The summed E-state index contributed by atoms with van der Waals surface area (Å²) in [6.07, 6.45) is 0. The van der Waals surface area contributed by atoms with Gasteiger partial charge in [-0.05, 0) is 42.8 Å². The van der Waals surface area contributed by atoms with Crippen molar-refractivity contribution < 1.29 is 19.2 Å². The number of aryl methyl sites for hydroxylation is 1. The lowest BCUT2D eigenvalue weighted by molar-refractivity contribution is -0.914. The van der Waals surface area contributed by atoms with Gasteiger partial charge in [0, 0.05) is 11.1 Å². The molecule has 6 nitrogen and oxygen atoms in total. The van der Waals surface area contributed by atoms with Crippen LogP contribution in [0.15, 0.2) is 48.5 Å². The summed E-state index contributed by atoms with van der Waals surface area (Å²) in [5, 5.41) is 1.00. The van der Waals surface area contributed by atoms with Crippen molar-refractivity contribution in [2.45, 2.75) is 13.5 Å². The monoisotopic (exact) mass is 406 g/mol. The minimum absolute atomic E-state index is 0.308. The third-order valence-electron chi connectivity index (χ3n) is 5.94. The molecular formula is C24H28N3O3+. The molecule has 1 aliphatic heterocycles. The first-order valence-corrected chi connectivity index (χ1v) is 10.3. The minimum Gasteiger partial charge on any atom is -0.497 e. The van der Waals surface area contributed by atoms with Crippen molar-refractivity contribution in [3.05, 3.63) is 65.4 Å². The molecule has 0 amide bonds. The number of hydrogen-bond acceptors (Lipinski definition) is 5. The van der Waals surface area contributed by atoms with Gasteiger partial charge in [0.25, 0.3) is 0 Å². The molecule has 4 rings (SSSR count). The van der Waals surface area contributed by atoms with E-state index in [4.69, 9.17) is 14.5 Å². The molecule has 1 N–H and O–H groups in total. The van der Waals surface area contributed by atoms with Gasteiger partial charge in [0.2, 0.25) is 0 Å². The summed E-state index contributed by atoms with van der Waals surface area (Å²) < 4.78 is 10.3. The smallest absolute Gasteiger partial charge is 0.340 e. The fourth-order valence-corrected chi connectivity index (χ4v) is 4.23. The van der Waals surface area contributed by atoms with Crippen LogP contribution in [0.3, 0.4) is 0 Å². The fourth-order valence-electron chi connectivity index (χ4n) is 4.23. The molecule has 6 heteroatoms. The van der Waals surface area contributed by atoms with Crippen molar-refractivity contribution >= 4 is 22.6 Å². The van der Waals surface area contributed by atoms with Crippen LogP contribution in [0.2, 0.25) is 0 Å². The average molecular weight is 407 g/mol. The number of nitrogens with one attached hydrogen (secondary N) is 1. The van der Waals surface area contributed by atoms with Gasteiger partial charge in [0.15, 0.2) is 0 Å². The summed E-state index contributed by atoms with van der Waals surface area (Å²) in [4.78, 5) is 21.2. The van der Waals surface area contributed by atoms with Crippen LogP contribution < -0.4 is 14.5 Å². The van der Waals surface area contributed by atoms with E-state index in [1.165, 1.54) is 17.7 Å². The Labute approximate surface area is 177 Å². The Hall–Kier alpha value is -3.12. The Morgan fingerprint density at radius 2 is 1.77 bits per heavy atom. The third kappa shape index (κ3) is 3.96. The molecule has 156 valence electrons. The highest BCUT2D eigenvalue weighted by atomic mass is 16.5. The highest BCUT2D eigenvalue weighted by Crippen LogP contribution is 2.23.